The van der Waals surface area contributed by atoms with Gasteiger partial charge in [-0.15, -0.1) is 11.3 Å². The van der Waals surface area contributed by atoms with Crippen LogP contribution in [0.1, 0.15) is 53.0 Å². The first kappa shape index (κ1) is 21.3. The first-order valence-electron chi connectivity index (χ1n) is 10.5. The maximum atomic E-state index is 13.4. The molecule has 8 heteroatoms. The normalized spacial score (nSPS) is 19.3. The van der Waals surface area contributed by atoms with Gasteiger partial charge in [-0.3, -0.25) is 4.79 Å². The zero-order valence-corrected chi connectivity index (χ0v) is 17.9. The van der Waals surface area contributed by atoms with Crippen LogP contribution in [0.3, 0.4) is 0 Å². The minimum Gasteiger partial charge on any atom is -0.338 e. The van der Waals surface area contributed by atoms with Crippen LogP contribution in [-0.2, 0) is 6.18 Å². The minimum atomic E-state index is -4.46. The van der Waals surface area contributed by atoms with Gasteiger partial charge in [-0.05, 0) is 51.8 Å². The molecule has 0 N–H and O–H groups in total. The number of nitrogens with zero attached hydrogens (tertiary/aromatic N) is 3. The monoisotopic (exact) mass is 437 g/mol. The molecule has 0 saturated carbocycles. The van der Waals surface area contributed by atoms with Crippen LogP contribution in [0.5, 0.6) is 0 Å². The van der Waals surface area contributed by atoms with E-state index in [0.717, 1.165) is 43.3 Å². The highest BCUT2D eigenvalue weighted by Gasteiger charge is 2.35. The topological polar surface area (TPSA) is 36.4 Å². The highest BCUT2D eigenvalue weighted by atomic mass is 32.1. The van der Waals surface area contributed by atoms with Crippen LogP contribution in [0.25, 0.3) is 10.6 Å². The van der Waals surface area contributed by atoms with E-state index in [9.17, 15) is 18.0 Å². The molecule has 1 amide bonds. The van der Waals surface area contributed by atoms with Crippen LogP contribution in [0, 0.1) is 6.92 Å². The van der Waals surface area contributed by atoms with Gasteiger partial charge >= 0.3 is 6.18 Å². The third kappa shape index (κ3) is 4.39. The predicted molar refractivity (Wildman–Crippen MR) is 112 cm³/mol. The second-order valence-corrected chi connectivity index (χ2v) is 9.10. The molecule has 2 aromatic rings. The van der Waals surface area contributed by atoms with Crippen molar-refractivity contribution < 1.29 is 18.0 Å². The molecule has 2 aliphatic rings. The number of rotatable bonds is 3. The summed E-state index contributed by atoms with van der Waals surface area (Å²) >= 11 is 1.06. The molecule has 1 aromatic heterocycles. The number of amides is 1. The molecule has 0 unspecified atom stereocenters. The molecule has 0 bridgehead atoms. The van der Waals surface area contributed by atoms with E-state index in [2.05, 4.69) is 9.88 Å². The minimum absolute atomic E-state index is 0.0287. The Hall–Kier alpha value is -1.93. The largest absolute Gasteiger partial charge is 0.417 e. The van der Waals surface area contributed by atoms with Crippen molar-refractivity contribution in [3.05, 3.63) is 40.4 Å². The van der Waals surface area contributed by atoms with E-state index in [4.69, 9.17) is 0 Å². The summed E-state index contributed by atoms with van der Waals surface area (Å²) in [5.74, 6) is -0.113. The van der Waals surface area contributed by atoms with Crippen molar-refractivity contribution in [3.63, 3.8) is 0 Å². The van der Waals surface area contributed by atoms with E-state index >= 15 is 0 Å². The molecule has 3 heterocycles. The third-order valence-corrected chi connectivity index (χ3v) is 7.29. The molecular formula is C22H26F3N3OS. The Morgan fingerprint density at radius 1 is 1.07 bits per heavy atom. The SMILES string of the molecule is Cc1nc(-c2ccccc2C(F)(F)F)sc1C(=O)N1CCC(N2CCCCC2)CC1. The Balaban J connectivity index is 1.48. The zero-order chi connectivity index (χ0) is 21.3. The summed E-state index contributed by atoms with van der Waals surface area (Å²) in [6, 6.07) is 5.93. The number of thiazole rings is 1. The van der Waals surface area contributed by atoms with E-state index in [1.807, 2.05) is 4.90 Å². The van der Waals surface area contributed by atoms with E-state index in [-0.39, 0.29) is 16.5 Å². The lowest BCUT2D eigenvalue weighted by Gasteiger charge is -2.40. The van der Waals surface area contributed by atoms with Gasteiger partial charge in [-0.2, -0.15) is 13.2 Å². The fraction of sp³-hybridized carbons (Fsp3) is 0.545. The van der Waals surface area contributed by atoms with E-state index in [1.165, 1.54) is 31.4 Å². The van der Waals surface area contributed by atoms with Crippen molar-refractivity contribution in [3.8, 4) is 10.6 Å². The van der Waals surface area contributed by atoms with Crippen molar-refractivity contribution in [2.24, 2.45) is 0 Å². The molecule has 2 saturated heterocycles. The van der Waals surface area contributed by atoms with Crippen LogP contribution in [0.2, 0.25) is 0 Å². The second kappa shape index (κ2) is 8.67. The van der Waals surface area contributed by atoms with Crippen molar-refractivity contribution in [2.45, 2.75) is 51.2 Å². The Bertz CT molecular complexity index is 897. The predicted octanol–water partition coefficient (Wildman–Crippen LogP) is 5.23. The lowest BCUT2D eigenvalue weighted by atomic mass is 10.00. The van der Waals surface area contributed by atoms with Crippen molar-refractivity contribution in [1.82, 2.24) is 14.8 Å². The van der Waals surface area contributed by atoms with E-state index in [0.29, 0.717) is 29.7 Å². The summed E-state index contributed by atoms with van der Waals surface area (Å²) in [4.78, 5) is 22.2. The van der Waals surface area contributed by atoms with Gasteiger partial charge in [0, 0.05) is 24.7 Å². The number of carbonyl (C=O) groups excluding carboxylic acids is 1. The molecule has 2 aliphatic heterocycles. The first-order chi connectivity index (χ1) is 14.3. The van der Waals surface area contributed by atoms with Crippen LogP contribution in [0.4, 0.5) is 13.2 Å². The van der Waals surface area contributed by atoms with Crippen molar-refractivity contribution in [2.75, 3.05) is 26.2 Å². The molecule has 4 nitrogen and oxygen atoms in total. The average molecular weight is 438 g/mol. The highest BCUT2D eigenvalue weighted by Crippen LogP contribution is 2.39. The second-order valence-electron chi connectivity index (χ2n) is 8.10. The molecule has 0 atom stereocenters. The lowest BCUT2D eigenvalue weighted by Crippen LogP contribution is -2.48. The Kier molecular flexibility index (Phi) is 6.16. The molecule has 0 radical (unpaired) electrons. The van der Waals surface area contributed by atoms with Crippen LogP contribution in [-0.4, -0.2) is 52.9 Å². The van der Waals surface area contributed by atoms with Gasteiger partial charge < -0.3 is 9.80 Å². The summed E-state index contributed by atoms with van der Waals surface area (Å²) in [5.41, 5.74) is -0.198. The number of carbonyl (C=O) groups is 1. The number of hydrogen-bond acceptors (Lipinski definition) is 4. The maximum absolute atomic E-state index is 13.4. The summed E-state index contributed by atoms with van der Waals surface area (Å²) in [6.45, 7) is 5.37. The number of aryl methyl sites for hydroxylation is 1. The first-order valence-corrected chi connectivity index (χ1v) is 11.3. The fourth-order valence-corrected chi connectivity index (χ4v) is 5.56. The number of piperidine rings is 2. The number of aromatic nitrogens is 1. The number of halogens is 3. The maximum Gasteiger partial charge on any atom is 0.417 e. The van der Waals surface area contributed by atoms with Gasteiger partial charge in [0.25, 0.3) is 5.91 Å². The summed E-state index contributed by atoms with van der Waals surface area (Å²) in [5, 5.41) is 0.243. The Morgan fingerprint density at radius 3 is 2.40 bits per heavy atom. The number of likely N-dealkylation sites (tertiary alicyclic amines) is 2. The van der Waals surface area contributed by atoms with E-state index in [1.54, 1.807) is 13.0 Å². The highest BCUT2D eigenvalue weighted by molar-refractivity contribution is 7.17. The fourth-order valence-electron chi connectivity index (χ4n) is 4.49. The van der Waals surface area contributed by atoms with Gasteiger partial charge in [0.05, 0.1) is 11.3 Å². The molecule has 162 valence electrons. The number of hydrogen-bond donors (Lipinski definition) is 0. The summed E-state index contributed by atoms with van der Waals surface area (Å²) in [7, 11) is 0. The quantitative estimate of drug-likeness (QED) is 0.660. The number of alkyl halides is 3. The van der Waals surface area contributed by atoms with Crippen molar-refractivity contribution >= 4 is 17.2 Å². The van der Waals surface area contributed by atoms with E-state index < -0.39 is 11.7 Å². The standard InChI is InChI=1S/C22H26F3N3OS/c1-15-19(30-20(26-15)17-7-3-4-8-18(17)22(23,24)25)21(29)28-13-9-16(10-14-28)27-11-5-2-6-12-27/h3-4,7-8,16H,2,5-6,9-14H2,1H3. The van der Waals surface area contributed by atoms with Crippen LogP contribution < -0.4 is 0 Å². The third-order valence-electron chi connectivity index (χ3n) is 6.11. The van der Waals surface area contributed by atoms with Gasteiger partial charge in [0.15, 0.2) is 0 Å². The Morgan fingerprint density at radius 2 is 1.73 bits per heavy atom. The average Bonchev–Trinajstić information content (AvgIpc) is 3.15. The van der Waals surface area contributed by atoms with Crippen molar-refractivity contribution in [1.29, 1.82) is 0 Å². The van der Waals surface area contributed by atoms with Gasteiger partial charge in [-0.1, -0.05) is 24.6 Å². The number of benzene rings is 1. The molecular weight excluding hydrogens is 411 g/mol. The summed E-state index contributed by atoms with van der Waals surface area (Å²) < 4.78 is 40.1. The molecule has 4 rings (SSSR count). The molecule has 1 aromatic carbocycles. The lowest BCUT2D eigenvalue weighted by molar-refractivity contribution is -0.137. The van der Waals surface area contributed by atoms with Gasteiger partial charge in [-0.25, -0.2) is 4.98 Å². The molecule has 0 spiro atoms. The van der Waals surface area contributed by atoms with Gasteiger partial charge in [0.2, 0.25) is 0 Å². The zero-order valence-electron chi connectivity index (χ0n) is 17.0. The smallest absolute Gasteiger partial charge is 0.338 e. The molecule has 30 heavy (non-hydrogen) atoms. The molecule has 2 fully saturated rings. The molecule has 0 aliphatic carbocycles. The van der Waals surface area contributed by atoms with Crippen LogP contribution >= 0.6 is 11.3 Å². The van der Waals surface area contributed by atoms with Gasteiger partial charge in [0.1, 0.15) is 9.88 Å². The Labute approximate surface area is 178 Å². The summed E-state index contributed by atoms with van der Waals surface area (Å²) in [6.07, 6.45) is 1.25. The van der Waals surface area contributed by atoms with Crippen LogP contribution in [0.15, 0.2) is 24.3 Å².